The predicted octanol–water partition coefficient (Wildman–Crippen LogP) is 5.36. The summed E-state index contributed by atoms with van der Waals surface area (Å²) < 4.78 is 0. The van der Waals surface area contributed by atoms with Gasteiger partial charge in [0.2, 0.25) is 5.91 Å². The zero-order valence-electron chi connectivity index (χ0n) is 16.8. The molecular weight excluding hydrogens is 424 g/mol. The van der Waals surface area contributed by atoms with Gasteiger partial charge in [-0.3, -0.25) is 14.4 Å². The first-order chi connectivity index (χ1) is 14.4. The summed E-state index contributed by atoms with van der Waals surface area (Å²) in [5.74, 6) is -0.876. The summed E-state index contributed by atoms with van der Waals surface area (Å²) >= 11 is 7.38. The smallest absolute Gasteiger partial charge is 0.303 e. The number of nitrogens with one attached hydrogen (secondary N) is 2. The lowest BCUT2D eigenvalue weighted by Crippen LogP contribution is -2.19. The minimum Gasteiger partial charge on any atom is -0.481 e. The molecule has 0 fully saturated rings. The quantitative estimate of drug-likeness (QED) is 0.506. The van der Waals surface area contributed by atoms with Gasteiger partial charge in [0.1, 0.15) is 5.00 Å². The van der Waals surface area contributed by atoms with E-state index in [0.717, 1.165) is 36.1 Å². The molecule has 30 heavy (non-hydrogen) atoms. The van der Waals surface area contributed by atoms with Gasteiger partial charge < -0.3 is 15.7 Å². The van der Waals surface area contributed by atoms with Crippen molar-refractivity contribution in [2.75, 3.05) is 10.6 Å². The van der Waals surface area contributed by atoms with Gasteiger partial charge in [0.15, 0.2) is 0 Å². The molecule has 2 amide bonds. The van der Waals surface area contributed by atoms with E-state index in [1.165, 1.54) is 11.3 Å². The Hall–Kier alpha value is -2.38. The van der Waals surface area contributed by atoms with Gasteiger partial charge in [-0.2, -0.15) is 0 Å². The van der Waals surface area contributed by atoms with E-state index in [9.17, 15) is 14.4 Å². The number of aliphatic carboxylic acids is 1. The third kappa shape index (κ3) is 5.61. The zero-order valence-corrected chi connectivity index (χ0v) is 18.4. The molecule has 3 N–H and O–H groups in total. The molecule has 0 spiro atoms. The van der Waals surface area contributed by atoms with Crippen molar-refractivity contribution in [2.45, 2.75) is 51.9 Å². The lowest BCUT2D eigenvalue weighted by atomic mass is 9.85. The number of carboxylic acids is 1. The molecule has 0 aliphatic heterocycles. The number of carboxylic acid groups (broad SMARTS) is 1. The topological polar surface area (TPSA) is 95.5 Å². The number of hydrogen-bond donors (Lipinski definition) is 3. The molecule has 2 aromatic rings. The molecule has 1 atom stereocenters. The molecule has 1 unspecified atom stereocenters. The average Bonchev–Trinajstić information content (AvgIpc) is 3.06. The van der Waals surface area contributed by atoms with E-state index in [-0.39, 0.29) is 31.1 Å². The second-order valence-corrected chi connectivity index (χ2v) is 9.02. The molecule has 0 radical (unpaired) electrons. The number of thiophene rings is 1. The largest absolute Gasteiger partial charge is 0.481 e. The van der Waals surface area contributed by atoms with E-state index in [4.69, 9.17) is 16.7 Å². The van der Waals surface area contributed by atoms with Crippen LogP contribution in [0.1, 0.15) is 59.8 Å². The van der Waals surface area contributed by atoms with Crippen LogP contribution >= 0.6 is 22.9 Å². The van der Waals surface area contributed by atoms with Crippen LogP contribution in [0.25, 0.3) is 0 Å². The maximum atomic E-state index is 13.1. The van der Waals surface area contributed by atoms with Gasteiger partial charge in [-0.1, -0.05) is 24.9 Å². The first kappa shape index (κ1) is 22.3. The van der Waals surface area contributed by atoms with E-state index in [0.29, 0.717) is 27.2 Å². The van der Waals surface area contributed by atoms with Crippen LogP contribution < -0.4 is 10.6 Å². The molecule has 1 aromatic heterocycles. The van der Waals surface area contributed by atoms with Crippen LogP contribution in [0.4, 0.5) is 10.7 Å². The molecule has 3 rings (SSSR count). The van der Waals surface area contributed by atoms with Gasteiger partial charge in [-0.25, -0.2) is 0 Å². The number of anilines is 2. The molecule has 6 nitrogen and oxygen atoms in total. The van der Waals surface area contributed by atoms with E-state index >= 15 is 0 Å². The molecule has 1 aliphatic rings. The maximum absolute atomic E-state index is 13.1. The second kappa shape index (κ2) is 10.1. The van der Waals surface area contributed by atoms with Crippen LogP contribution in [-0.4, -0.2) is 22.9 Å². The fraction of sp³-hybridized carbons (Fsp3) is 0.409. The fourth-order valence-electron chi connectivity index (χ4n) is 3.65. The Kier molecular flexibility index (Phi) is 7.50. The third-order valence-electron chi connectivity index (χ3n) is 5.32. The van der Waals surface area contributed by atoms with E-state index in [1.807, 2.05) is 0 Å². The molecule has 160 valence electrons. The molecule has 8 heteroatoms. The van der Waals surface area contributed by atoms with Crippen LogP contribution in [0.5, 0.6) is 0 Å². The summed E-state index contributed by atoms with van der Waals surface area (Å²) in [4.78, 5) is 37.3. The van der Waals surface area contributed by atoms with Crippen molar-refractivity contribution < 1.29 is 19.5 Å². The van der Waals surface area contributed by atoms with E-state index < -0.39 is 5.97 Å². The van der Waals surface area contributed by atoms with Gasteiger partial charge in [0, 0.05) is 28.4 Å². The number of amides is 2. The molecule has 0 saturated heterocycles. The Morgan fingerprint density at radius 2 is 1.90 bits per heavy atom. The minimum atomic E-state index is -0.928. The first-order valence-electron chi connectivity index (χ1n) is 10.1. The Morgan fingerprint density at radius 1 is 1.17 bits per heavy atom. The lowest BCUT2D eigenvalue weighted by Gasteiger charge is -2.21. The maximum Gasteiger partial charge on any atom is 0.303 e. The lowest BCUT2D eigenvalue weighted by molar-refractivity contribution is -0.137. The highest BCUT2D eigenvalue weighted by Gasteiger charge is 2.29. The van der Waals surface area contributed by atoms with Crippen molar-refractivity contribution >= 4 is 51.4 Å². The van der Waals surface area contributed by atoms with Crippen molar-refractivity contribution in [3.63, 3.8) is 0 Å². The molecule has 1 aliphatic carbocycles. The van der Waals surface area contributed by atoms with Crippen LogP contribution in [-0.2, 0) is 22.4 Å². The van der Waals surface area contributed by atoms with Crippen LogP contribution in [0.2, 0.25) is 5.02 Å². The number of halogens is 1. The zero-order chi connectivity index (χ0) is 21.7. The molecule has 1 aromatic carbocycles. The number of carbonyl (C=O) groups is 3. The summed E-state index contributed by atoms with van der Waals surface area (Å²) in [6.07, 6.45) is 4.13. The molecule has 0 saturated carbocycles. The third-order valence-corrected chi connectivity index (χ3v) is 6.74. The normalized spacial score (nSPS) is 15.3. The van der Waals surface area contributed by atoms with Gasteiger partial charge >= 0.3 is 5.97 Å². The van der Waals surface area contributed by atoms with Crippen molar-refractivity contribution in [2.24, 2.45) is 5.92 Å². The van der Waals surface area contributed by atoms with Crippen molar-refractivity contribution in [3.05, 3.63) is 45.3 Å². The summed E-state index contributed by atoms with van der Waals surface area (Å²) in [5, 5.41) is 15.6. The number of hydrogen-bond acceptors (Lipinski definition) is 4. The average molecular weight is 449 g/mol. The summed E-state index contributed by atoms with van der Waals surface area (Å²) in [6.45, 7) is 2.17. The van der Waals surface area contributed by atoms with Crippen LogP contribution in [0.3, 0.4) is 0 Å². The van der Waals surface area contributed by atoms with Gasteiger partial charge in [0.25, 0.3) is 5.91 Å². The first-order valence-corrected chi connectivity index (χ1v) is 11.3. The number of fused-ring (bicyclic) bond motifs is 1. The Balaban J connectivity index is 1.82. The van der Waals surface area contributed by atoms with Gasteiger partial charge in [0.05, 0.1) is 5.56 Å². The summed E-state index contributed by atoms with van der Waals surface area (Å²) in [7, 11) is 0. The van der Waals surface area contributed by atoms with Gasteiger partial charge in [-0.05, 0) is 61.4 Å². The van der Waals surface area contributed by atoms with Crippen LogP contribution in [0.15, 0.2) is 24.3 Å². The fourth-order valence-corrected chi connectivity index (χ4v) is 5.15. The molecule has 0 bridgehead atoms. The Bertz CT molecular complexity index is 939. The van der Waals surface area contributed by atoms with E-state index in [1.54, 1.807) is 24.3 Å². The highest BCUT2D eigenvalue weighted by Crippen LogP contribution is 2.41. The summed E-state index contributed by atoms with van der Waals surface area (Å²) in [5.41, 5.74) is 2.16. The Labute approximate surface area is 184 Å². The number of rotatable bonds is 8. The molecular formula is C22H25ClN2O4S. The van der Waals surface area contributed by atoms with Crippen LogP contribution in [0, 0.1) is 5.92 Å². The standard InChI is InChI=1S/C22H25ClN2O4S/c1-2-13-6-11-16-17(12-13)30-22(25-18(26)4-3-5-19(27)28)20(16)21(29)24-15-9-7-14(23)8-10-15/h7-10,13H,2-6,11-12H2,1H3,(H,24,29)(H,25,26)(H,27,28). The number of carbonyl (C=O) groups excluding carboxylic acids is 2. The van der Waals surface area contributed by atoms with Crippen molar-refractivity contribution in [1.29, 1.82) is 0 Å². The van der Waals surface area contributed by atoms with Crippen molar-refractivity contribution in [3.8, 4) is 0 Å². The number of benzene rings is 1. The highest BCUT2D eigenvalue weighted by molar-refractivity contribution is 7.17. The Morgan fingerprint density at radius 3 is 2.57 bits per heavy atom. The van der Waals surface area contributed by atoms with Gasteiger partial charge in [-0.15, -0.1) is 11.3 Å². The van der Waals surface area contributed by atoms with E-state index in [2.05, 4.69) is 17.6 Å². The summed E-state index contributed by atoms with van der Waals surface area (Å²) in [6, 6.07) is 6.88. The minimum absolute atomic E-state index is 0.0591. The SMILES string of the molecule is CCC1CCc2c(sc(NC(=O)CCCC(=O)O)c2C(=O)Nc2ccc(Cl)cc2)C1. The van der Waals surface area contributed by atoms with Crippen molar-refractivity contribution in [1.82, 2.24) is 0 Å². The highest BCUT2D eigenvalue weighted by atomic mass is 35.5. The monoisotopic (exact) mass is 448 g/mol. The molecule has 1 heterocycles. The predicted molar refractivity (Wildman–Crippen MR) is 120 cm³/mol. The second-order valence-electron chi connectivity index (χ2n) is 7.48.